The van der Waals surface area contributed by atoms with E-state index in [-0.39, 0.29) is 0 Å². The van der Waals surface area contributed by atoms with Crippen molar-refractivity contribution in [1.82, 2.24) is 24.8 Å². The van der Waals surface area contributed by atoms with E-state index in [1.165, 1.54) is 11.3 Å². The molecule has 9 nitrogen and oxygen atoms in total. The monoisotopic (exact) mass is 617 g/mol. The Labute approximate surface area is 265 Å². The summed E-state index contributed by atoms with van der Waals surface area (Å²) < 4.78 is 10.9. The molecule has 0 bridgehead atoms. The molecule has 0 amide bonds. The van der Waals surface area contributed by atoms with Crippen LogP contribution in [0.5, 0.6) is 5.75 Å². The second-order valence-electron chi connectivity index (χ2n) is 11.7. The lowest BCUT2D eigenvalue weighted by Crippen LogP contribution is -2.38. The Morgan fingerprint density at radius 2 is 1.75 bits per heavy atom. The number of likely N-dealkylation sites (tertiary alicyclic amines) is 1. The SMILES string of the molecule is CCOCCN1CCCN(c2ccc(-c3nc4c(NC5CCN(Cc6ccc(OC)cc6)CC5)c(Cl)cnc4[nH]3)cc2)CC1. The Morgan fingerprint density at radius 1 is 0.955 bits per heavy atom. The number of aromatic nitrogens is 3. The molecule has 4 heterocycles. The number of nitrogens with zero attached hydrogens (tertiary/aromatic N) is 5. The van der Waals surface area contributed by atoms with Crippen LogP contribution in [0.25, 0.3) is 22.6 Å². The number of anilines is 2. The summed E-state index contributed by atoms with van der Waals surface area (Å²) >= 11 is 6.69. The van der Waals surface area contributed by atoms with Crippen molar-refractivity contribution >= 4 is 34.1 Å². The third-order valence-corrected chi connectivity index (χ3v) is 9.11. The van der Waals surface area contributed by atoms with Gasteiger partial charge in [0.05, 0.1) is 30.6 Å². The van der Waals surface area contributed by atoms with Crippen molar-refractivity contribution in [3.05, 3.63) is 65.3 Å². The van der Waals surface area contributed by atoms with Crippen molar-refractivity contribution in [3.63, 3.8) is 0 Å². The second kappa shape index (κ2) is 14.6. The minimum absolute atomic E-state index is 0.327. The van der Waals surface area contributed by atoms with Crippen LogP contribution < -0.4 is 15.0 Å². The maximum atomic E-state index is 6.69. The molecule has 2 aliphatic heterocycles. The van der Waals surface area contributed by atoms with Crippen LogP contribution in [0.15, 0.2) is 54.7 Å². The lowest BCUT2D eigenvalue weighted by atomic mass is 10.0. The fourth-order valence-electron chi connectivity index (χ4n) is 6.25. The van der Waals surface area contributed by atoms with Gasteiger partial charge in [0.2, 0.25) is 0 Å². The van der Waals surface area contributed by atoms with Gasteiger partial charge in [0, 0.05) is 69.7 Å². The van der Waals surface area contributed by atoms with Crippen molar-refractivity contribution < 1.29 is 9.47 Å². The molecule has 2 fully saturated rings. The Hall–Kier alpha value is -3.37. The summed E-state index contributed by atoms with van der Waals surface area (Å²) in [6.45, 7) is 11.9. The fourth-order valence-corrected chi connectivity index (χ4v) is 6.45. The number of rotatable bonds is 11. The molecule has 234 valence electrons. The minimum atomic E-state index is 0.327. The van der Waals surface area contributed by atoms with Crippen molar-refractivity contribution in [2.45, 2.75) is 38.8 Å². The molecule has 0 saturated carbocycles. The van der Waals surface area contributed by atoms with Crippen LogP contribution in [-0.2, 0) is 11.3 Å². The van der Waals surface area contributed by atoms with Gasteiger partial charge in [-0.1, -0.05) is 23.7 Å². The van der Waals surface area contributed by atoms with Gasteiger partial charge in [-0.2, -0.15) is 0 Å². The highest BCUT2D eigenvalue weighted by atomic mass is 35.5. The van der Waals surface area contributed by atoms with E-state index in [0.29, 0.717) is 11.1 Å². The first-order valence-corrected chi connectivity index (χ1v) is 16.3. The maximum absolute atomic E-state index is 6.69. The molecular weight excluding hydrogens is 574 g/mol. The van der Waals surface area contributed by atoms with Gasteiger partial charge in [0.1, 0.15) is 17.1 Å². The van der Waals surface area contributed by atoms with Crippen molar-refractivity contribution in [3.8, 4) is 17.1 Å². The highest BCUT2D eigenvalue weighted by Gasteiger charge is 2.22. The number of fused-ring (bicyclic) bond motifs is 1. The number of hydrogen-bond donors (Lipinski definition) is 2. The van der Waals surface area contributed by atoms with E-state index in [1.807, 2.05) is 12.1 Å². The van der Waals surface area contributed by atoms with Gasteiger partial charge < -0.3 is 24.7 Å². The van der Waals surface area contributed by atoms with Gasteiger partial charge in [-0.3, -0.25) is 9.80 Å². The van der Waals surface area contributed by atoms with E-state index in [0.717, 1.165) is 119 Å². The molecule has 2 N–H and O–H groups in total. The standard InChI is InChI=1S/C34H44ClN7O2/c1-3-44-22-21-40-15-4-16-42(20-19-40)28-9-7-26(8-10-28)33-38-32-31(30(35)23-36-34(32)39-33)37-27-13-17-41(18-14-27)24-25-5-11-29(43-2)12-6-25/h5-12,23,27H,3-4,13-22,24H2,1-2H3,(H2,36,37,38,39). The summed E-state index contributed by atoms with van der Waals surface area (Å²) in [7, 11) is 1.70. The second-order valence-corrected chi connectivity index (χ2v) is 12.1. The molecule has 2 aromatic heterocycles. The highest BCUT2D eigenvalue weighted by Crippen LogP contribution is 2.33. The van der Waals surface area contributed by atoms with Crippen LogP contribution in [0.1, 0.15) is 31.7 Å². The molecule has 0 aliphatic carbocycles. The first-order chi connectivity index (χ1) is 21.6. The zero-order valence-electron chi connectivity index (χ0n) is 25.9. The average Bonchev–Trinajstić information content (AvgIpc) is 3.36. The van der Waals surface area contributed by atoms with Gasteiger partial charge in [0.15, 0.2) is 5.65 Å². The van der Waals surface area contributed by atoms with Crippen LogP contribution in [0.2, 0.25) is 5.02 Å². The number of hydrogen-bond acceptors (Lipinski definition) is 8. The van der Waals surface area contributed by atoms with Gasteiger partial charge in [-0.25, -0.2) is 9.97 Å². The van der Waals surface area contributed by atoms with Crippen molar-refractivity contribution in [1.29, 1.82) is 0 Å². The summed E-state index contributed by atoms with van der Waals surface area (Å²) in [5, 5.41) is 4.32. The Kier molecular flexibility index (Phi) is 10.2. The van der Waals surface area contributed by atoms with Gasteiger partial charge in [0.25, 0.3) is 0 Å². The van der Waals surface area contributed by atoms with E-state index in [1.54, 1.807) is 13.3 Å². The molecule has 2 aliphatic rings. The number of nitrogens with one attached hydrogen (secondary N) is 2. The lowest BCUT2D eigenvalue weighted by molar-refractivity contribution is 0.116. The number of imidazole rings is 1. The van der Waals surface area contributed by atoms with Crippen molar-refractivity contribution in [2.24, 2.45) is 0 Å². The number of benzene rings is 2. The third kappa shape index (κ3) is 7.46. The van der Waals surface area contributed by atoms with Gasteiger partial charge in [-0.05, 0) is 74.7 Å². The van der Waals surface area contributed by atoms with Crippen molar-refractivity contribution in [2.75, 3.05) is 76.4 Å². The normalized spacial score (nSPS) is 17.2. The number of aromatic amines is 1. The number of ether oxygens (including phenoxy) is 2. The topological polar surface area (TPSA) is 81.8 Å². The van der Waals surface area contributed by atoms with Gasteiger partial charge >= 0.3 is 0 Å². The number of pyridine rings is 1. The van der Waals surface area contributed by atoms with E-state index in [4.69, 9.17) is 26.1 Å². The Balaban J connectivity index is 1.08. The molecular formula is C34H44ClN7O2. The Bertz CT molecular complexity index is 1490. The molecule has 2 aromatic carbocycles. The first kappa shape index (κ1) is 30.6. The molecule has 2 saturated heterocycles. The van der Waals surface area contributed by atoms with Crippen LogP contribution in [0.4, 0.5) is 11.4 Å². The molecule has 0 unspecified atom stereocenters. The predicted molar refractivity (Wildman–Crippen MR) is 179 cm³/mol. The molecule has 44 heavy (non-hydrogen) atoms. The first-order valence-electron chi connectivity index (χ1n) is 15.9. The zero-order chi connectivity index (χ0) is 30.3. The number of piperidine rings is 1. The van der Waals surface area contributed by atoms with E-state index in [2.05, 4.69) is 73.3 Å². The molecule has 6 rings (SSSR count). The van der Waals surface area contributed by atoms with E-state index < -0.39 is 0 Å². The number of halogens is 1. The molecule has 4 aromatic rings. The quantitative estimate of drug-likeness (QED) is 0.201. The van der Waals surface area contributed by atoms with Crippen LogP contribution in [0.3, 0.4) is 0 Å². The zero-order valence-corrected chi connectivity index (χ0v) is 26.7. The molecule has 10 heteroatoms. The summed E-state index contributed by atoms with van der Waals surface area (Å²) in [6, 6.07) is 17.4. The number of methoxy groups -OCH3 is 1. The Morgan fingerprint density at radius 3 is 2.50 bits per heavy atom. The van der Waals surface area contributed by atoms with Gasteiger partial charge in [-0.15, -0.1) is 0 Å². The summed E-state index contributed by atoms with van der Waals surface area (Å²) in [6.07, 6.45) is 4.94. The summed E-state index contributed by atoms with van der Waals surface area (Å²) in [4.78, 5) is 20.5. The lowest BCUT2D eigenvalue weighted by Gasteiger charge is -2.33. The maximum Gasteiger partial charge on any atom is 0.159 e. The molecule has 0 radical (unpaired) electrons. The fraction of sp³-hybridized carbons (Fsp3) is 0.471. The average molecular weight is 618 g/mol. The number of H-pyrrole nitrogens is 1. The van der Waals surface area contributed by atoms with Crippen LogP contribution in [0, 0.1) is 0 Å². The van der Waals surface area contributed by atoms with Crippen LogP contribution >= 0.6 is 11.6 Å². The smallest absolute Gasteiger partial charge is 0.159 e. The minimum Gasteiger partial charge on any atom is -0.497 e. The van der Waals surface area contributed by atoms with E-state index >= 15 is 0 Å². The largest absolute Gasteiger partial charge is 0.497 e. The van der Waals surface area contributed by atoms with Crippen LogP contribution in [-0.4, -0.2) is 96.9 Å². The molecule has 0 spiro atoms. The molecule has 0 atom stereocenters. The predicted octanol–water partition coefficient (Wildman–Crippen LogP) is 5.91. The highest BCUT2D eigenvalue weighted by molar-refractivity contribution is 6.34. The summed E-state index contributed by atoms with van der Waals surface area (Å²) in [5.74, 6) is 1.70. The van der Waals surface area contributed by atoms with E-state index in [9.17, 15) is 0 Å². The summed E-state index contributed by atoms with van der Waals surface area (Å²) in [5.41, 5.74) is 5.99. The third-order valence-electron chi connectivity index (χ3n) is 8.82.